The van der Waals surface area contributed by atoms with E-state index < -0.39 is 0 Å². The number of hydrogen-bond donors (Lipinski definition) is 3. The molecule has 2 rings (SSSR count). The number of anilines is 1. The molecule has 0 aliphatic rings. The standard InChI is InChI=1S/C13H16N4/c1-10(2)15-9-16-12-5-3-11(4-6-12)13-7-14-8-17-13/h3-10H,1-2H3,(H,14,17)(H,15,16)/p+1. The van der Waals surface area contributed by atoms with Gasteiger partial charge >= 0.3 is 0 Å². The number of aromatic amines is 1. The minimum atomic E-state index is 0.437. The summed E-state index contributed by atoms with van der Waals surface area (Å²) in [5, 5.41) is 3.19. The Morgan fingerprint density at radius 3 is 2.65 bits per heavy atom. The van der Waals surface area contributed by atoms with Crippen LogP contribution in [0.1, 0.15) is 13.8 Å². The molecule has 0 aliphatic carbocycles. The molecule has 0 fully saturated rings. The molecule has 4 heteroatoms. The lowest BCUT2D eigenvalue weighted by atomic mass is 10.1. The van der Waals surface area contributed by atoms with Crippen molar-refractivity contribution in [2.45, 2.75) is 19.9 Å². The molecule has 1 aromatic heterocycles. The third-order valence-electron chi connectivity index (χ3n) is 2.35. The maximum absolute atomic E-state index is 4.00. The Bertz CT molecular complexity index is 469. The van der Waals surface area contributed by atoms with E-state index in [-0.39, 0.29) is 0 Å². The van der Waals surface area contributed by atoms with Gasteiger partial charge in [-0.15, -0.1) is 0 Å². The van der Waals surface area contributed by atoms with Crippen molar-refractivity contribution in [3.05, 3.63) is 36.8 Å². The number of imidazole rings is 1. The van der Waals surface area contributed by atoms with Crippen LogP contribution < -0.4 is 10.3 Å². The van der Waals surface area contributed by atoms with Crippen LogP contribution in [-0.2, 0) is 0 Å². The monoisotopic (exact) mass is 229 g/mol. The number of nitrogens with zero attached hydrogens (tertiary/aromatic N) is 1. The number of benzene rings is 1. The molecule has 4 nitrogen and oxygen atoms in total. The molecule has 0 saturated heterocycles. The highest BCUT2D eigenvalue weighted by Crippen LogP contribution is 2.18. The summed E-state index contributed by atoms with van der Waals surface area (Å²) in [6.07, 6.45) is 5.35. The van der Waals surface area contributed by atoms with Gasteiger partial charge in [0.1, 0.15) is 5.69 Å². The Balaban J connectivity index is 2.03. The van der Waals surface area contributed by atoms with Crippen LogP contribution in [0.2, 0.25) is 0 Å². The molecular formula is C13H17N4+. The van der Waals surface area contributed by atoms with Gasteiger partial charge in [0.25, 0.3) is 0 Å². The van der Waals surface area contributed by atoms with E-state index in [2.05, 4.69) is 46.3 Å². The van der Waals surface area contributed by atoms with E-state index in [9.17, 15) is 0 Å². The third-order valence-corrected chi connectivity index (χ3v) is 2.35. The molecule has 2 aromatic rings. The molecule has 3 N–H and O–H groups in total. The van der Waals surface area contributed by atoms with Crippen molar-refractivity contribution in [2.75, 3.05) is 5.32 Å². The van der Waals surface area contributed by atoms with Gasteiger partial charge in [-0.2, -0.15) is 0 Å². The van der Waals surface area contributed by atoms with Crippen LogP contribution in [-0.4, -0.2) is 22.3 Å². The third kappa shape index (κ3) is 3.17. The van der Waals surface area contributed by atoms with Crippen molar-refractivity contribution in [2.24, 2.45) is 0 Å². The molecule has 0 bridgehead atoms. The van der Waals surface area contributed by atoms with Crippen LogP contribution in [0.25, 0.3) is 11.3 Å². The van der Waals surface area contributed by atoms with Gasteiger partial charge in [0.15, 0.2) is 0 Å². The van der Waals surface area contributed by atoms with E-state index in [1.165, 1.54) is 0 Å². The van der Waals surface area contributed by atoms with Crippen molar-refractivity contribution in [1.82, 2.24) is 9.97 Å². The summed E-state index contributed by atoms with van der Waals surface area (Å²) in [6, 6.07) is 8.62. The summed E-state index contributed by atoms with van der Waals surface area (Å²) >= 11 is 0. The fourth-order valence-corrected chi connectivity index (χ4v) is 1.45. The summed E-state index contributed by atoms with van der Waals surface area (Å²) in [4.78, 5) is 10.3. The largest absolute Gasteiger partial charge is 0.345 e. The minimum absolute atomic E-state index is 0.437. The van der Waals surface area contributed by atoms with Crippen LogP contribution in [0, 0.1) is 0 Å². The second-order valence-electron chi connectivity index (χ2n) is 4.15. The normalized spacial score (nSPS) is 11.2. The zero-order valence-electron chi connectivity index (χ0n) is 10.1. The average Bonchev–Trinajstić information content (AvgIpc) is 2.83. The number of aromatic nitrogens is 2. The van der Waals surface area contributed by atoms with Gasteiger partial charge in [0.2, 0.25) is 6.34 Å². The lowest BCUT2D eigenvalue weighted by Crippen LogP contribution is -2.75. The SMILES string of the molecule is CC(C)[NH+]=CNc1ccc(-c2cnc[nH]2)cc1. The van der Waals surface area contributed by atoms with E-state index in [4.69, 9.17) is 0 Å². The lowest BCUT2D eigenvalue weighted by molar-refractivity contribution is -0.488. The van der Waals surface area contributed by atoms with E-state index in [0.29, 0.717) is 6.04 Å². The Morgan fingerprint density at radius 1 is 1.29 bits per heavy atom. The van der Waals surface area contributed by atoms with E-state index in [1.54, 1.807) is 6.33 Å². The number of rotatable bonds is 4. The Hall–Kier alpha value is -2.10. The summed E-state index contributed by atoms with van der Waals surface area (Å²) in [6.45, 7) is 4.19. The van der Waals surface area contributed by atoms with Crippen molar-refractivity contribution >= 4 is 12.0 Å². The molecule has 0 aliphatic heterocycles. The molecule has 0 atom stereocenters. The van der Waals surface area contributed by atoms with Gasteiger partial charge in [0, 0.05) is 0 Å². The van der Waals surface area contributed by atoms with Gasteiger partial charge in [-0.1, -0.05) is 0 Å². The quantitative estimate of drug-likeness (QED) is 0.541. The molecule has 0 radical (unpaired) electrons. The van der Waals surface area contributed by atoms with Crippen molar-refractivity contribution in [3.63, 3.8) is 0 Å². The highest BCUT2D eigenvalue weighted by molar-refractivity contribution is 5.73. The first-order valence-corrected chi connectivity index (χ1v) is 5.69. The molecule has 1 heterocycles. The Kier molecular flexibility index (Phi) is 3.55. The fourth-order valence-electron chi connectivity index (χ4n) is 1.45. The van der Waals surface area contributed by atoms with E-state index in [0.717, 1.165) is 16.9 Å². The van der Waals surface area contributed by atoms with Crippen LogP contribution >= 0.6 is 0 Å². The first kappa shape index (κ1) is 11.4. The number of H-pyrrole nitrogens is 1. The summed E-state index contributed by atoms with van der Waals surface area (Å²) in [7, 11) is 0. The minimum Gasteiger partial charge on any atom is -0.345 e. The predicted octanol–water partition coefficient (Wildman–Crippen LogP) is 1.01. The summed E-state index contributed by atoms with van der Waals surface area (Å²) < 4.78 is 0. The second-order valence-corrected chi connectivity index (χ2v) is 4.15. The molecule has 0 amide bonds. The fraction of sp³-hybridized carbons (Fsp3) is 0.231. The molecule has 0 saturated carbocycles. The first-order chi connectivity index (χ1) is 8.25. The van der Waals surface area contributed by atoms with E-state index >= 15 is 0 Å². The van der Waals surface area contributed by atoms with Gasteiger partial charge in [-0.05, 0) is 43.7 Å². The van der Waals surface area contributed by atoms with Crippen LogP contribution in [0.15, 0.2) is 36.8 Å². The van der Waals surface area contributed by atoms with Crippen LogP contribution in [0.5, 0.6) is 0 Å². The summed E-state index contributed by atoms with van der Waals surface area (Å²) in [5.74, 6) is 0. The van der Waals surface area contributed by atoms with Gasteiger partial charge in [-0.3, -0.25) is 4.99 Å². The molecule has 17 heavy (non-hydrogen) atoms. The highest BCUT2D eigenvalue weighted by atomic mass is 14.9. The maximum atomic E-state index is 4.00. The van der Waals surface area contributed by atoms with Crippen LogP contribution in [0.3, 0.4) is 0 Å². The second kappa shape index (κ2) is 5.30. The van der Waals surface area contributed by atoms with E-state index in [1.807, 2.05) is 24.7 Å². The van der Waals surface area contributed by atoms with Crippen molar-refractivity contribution in [1.29, 1.82) is 0 Å². The topological polar surface area (TPSA) is 54.7 Å². The molecule has 1 aromatic carbocycles. The summed E-state index contributed by atoms with van der Waals surface area (Å²) in [5.41, 5.74) is 3.21. The zero-order chi connectivity index (χ0) is 12.1. The Morgan fingerprint density at radius 2 is 2.06 bits per heavy atom. The van der Waals surface area contributed by atoms with Crippen molar-refractivity contribution < 1.29 is 4.99 Å². The van der Waals surface area contributed by atoms with Gasteiger partial charge in [-0.25, -0.2) is 10.3 Å². The number of nitrogens with one attached hydrogen (secondary N) is 3. The zero-order valence-corrected chi connectivity index (χ0v) is 10.1. The molecule has 0 unspecified atom stereocenters. The Labute approximate surface area is 101 Å². The van der Waals surface area contributed by atoms with Crippen LogP contribution in [0.4, 0.5) is 5.69 Å². The smallest absolute Gasteiger partial charge is 0.235 e. The first-order valence-electron chi connectivity index (χ1n) is 5.69. The maximum Gasteiger partial charge on any atom is 0.235 e. The van der Waals surface area contributed by atoms with Gasteiger partial charge in [0.05, 0.1) is 24.3 Å². The molecule has 0 spiro atoms. The van der Waals surface area contributed by atoms with Gasteiger partial charge < -0.3 is 4.98 Å². The predicted molar refractivity (Wildman–Crippen MR) is 69.8 cm³/mol. The highest BCUT2D eigenvalue weighted by Gasteiger charge is 1.99. The molecular weight excluding hydrogens is 212 g/mol. The average molecular weight is 229 g/mol. The molecule has 88 valence electrons. The van der Waals surface area contributed by atoms with Crippen molar-refractivity contribution in [3.8, 4) is 11.3 Å². The number of hydrogen-bond acceptors (Lipinski definition) is 1. The lowest BCUT2D eigenvalue weighted by Gasteiger charge is -1.98.